The average Bonchev–Trinajstić information content (AvgIpc) is 3.54. The lowest BCUT2D eigenvalue weighted by Gasteiger charge is -2.22. The van der Waals surface area contributed by atoms with Crippen LogP contribution in [-0.2, 0) is 10.8 Å². The maximum Gasteiger partial charge on any atom is 0.128 e. The first kappa shape index (κ1) is 32.8. The predicted octanol–water partition coefficient (Wildman–Crippen LogP) is 12.7. The molecule has 0 fully saturated rings. The molecule has 0 spiro atoms. The third-order valence-electron chi connectivity index (χ3n) is 9.95. The number of nitrogens with zero attached hydrogens (tertiary/aromatic N) is 3. The largest absolute Gasteiger partial charge is 0.507 e. The van der Waals surface area contributed by atoms with Gasteiger partial charge in [-0.15, -0.1) is 11.3 Å². The highest BCUT2D eigenvalue weighted by Crippen LogP contribution is 2.44. The zero-order valence-electron chi connectivity index (χ0n) is 30.2. The van der Waals surface area contributed by atoms with Gasteiger partial charge in [-0.25, -0.2) is 4.98 Å². The van der Waals surface area contributed by atoms with Crippen molar-refractivity contribution in [3.05, 3.63) is 132 Å². The average molecular weight is 684 g/mol. The second-order valence-corrected chi connectivity index (χ2v) is 16.7. The first-order valence-electron chi connectivity index (χ1n) is 17.5. The molecule has 0 aliphatic carbocycles. The second kappa shape index (κ2) is 12.1. The van der Waals surface area contributed by atoms with Crippen molar-refractivity contribution < 1.29 is 5.11 Å². The zero-order valence-corrected chi connectivity index (χ0v) is 31.0. The number of phenolic OH excluding ortho intramolecular Hbond substituents is 1. The molecule has 0 bridgehead atoms. The molecule has 0 aliphatic heterocycles. The summed E-state index contributed by atoms with van der Waals surface area (Å²) in [5.41, 5.74) is 13.7. The summed E-state index contributed by atoms with van der Waals surface area (Å²) in [4.78, 5) is 15.0. The van der Waals surface area contributed by atoms with Gasteiger partial charge in [-0.3, -0.25) is 9.97 Å². The minimum atomic E-state index is -0.0683. The molecule has 0 radical (unpaired) electrons. The Balaban J connectivity index is 1.38. The fraction of sp³-hybridized carbons (Fsp3) is 0.196. The number of hydrogen-bond donors (Lipinski definition) is 1. The van der Waals surface area contributed by atoms with Gasteiger partial charge in [-0.1, -0.05) is 90.1 Å². The highest BCUT2D eigenvalue weighted by Gasteiger charge is 2.22. The summed E-state index contributed by atoms with van der Waals surface area (Å²) in [7, 11) is 0. The lowest BCUT2D eigenvalue weighted by molar-refractivity contribution is 0.476. The monoisotopic (exact) mass is 683 g/mol. The van der Waals surface area contributed by atoms with Crippen molar-refractivity contribution in [2.75, 3.05) is 0 Å². The number of pyridine rings is 2. The van der Waals surface area contributed by atoms with Gasteiger partial charge in [0.25, 0.3) is 0 Å². The Kier molecular flexibility index (Phi) is 7.80. The number of fused-ring (bicyclic) bond motifs is 3. The van der Waals surface area contributed by atoms with E-state index in [-0.39, 0.29) is 16.6 Å². The van der Waals surface area contributed by atoms with Gasteiger partial charge in [0.2, 0.25) is 0 Å². The van der Waals surface area contributed by atoms with Crippen LogP contribution in [0, 0.1) is 6.92 Å². The van der Waals surface area contributed by atoms with Gasteiger partial charge in [-0.2, -0.15) is 0 Å². The highest BCUT2D eigenvalue weighted by atomic mass is 32.1. The van der Waals surface area contributed by atoms with Crippen LogP contribution >= 0.6 is 11.3 Å². The van der Waals surface area contributed by atoms with E-state index in [2.05, 4.69) is 133 Å². The molecule has 0 atom stereocenters. The fourth-order valence-corrected chi connectivity index (χ4v) is 7.98. The highest BCUT2D eigenvalue weighted by molar-refractivity contribution is 7.21. The molecular weight excluding hydrogens is 643 g/mol. The number of aryl methyl sites for hydroxylation is 1. The minimum Gasteiger partial charge on any atom is -0.507 e. The van der Waals surface area contributed by atoms with E-state index < -0.39 is 0 Å². The second-order valence-electron chi connectivity index (χ2n) is 15.6. The van der Waals surface area contributed by atoms with E-state index in [1.807, 2.05) is 24.5 Å². The van der Waals surface area contributed by atoms with Gasteiger partial charge in [0, 0.05) is 39.9 Å². The van der Waals surface area contributed by atoms with E-state index in [0.29, 0.717) is 0 Å². The predicted molar refractivity (Wildman–Crippen MR) is 216 cm³/mol. The van der Waals surface area contributed by atoms with Gasteiger partial charge < -0.3 is 5.11 Å². The van der Waals surface area contributed by atoms with Gasteiger partial charge in [-0.05, 0) is 106 Å². The zero-order chi connectivity index (χ0) is 35.7. The van der Waals surface area contributed by atoms with Gasteiger partial charge in [0.1, 0.15) is 10.8 Å². The van der Waals surface area contributed by atoms with Crippen LogP contribution in [0.1, 0.15) is 58.2 Å². The van der Waals surface area contributed by atoms with Crippen molar-refractivity contribution in [3.63, 3.8) is 0 Å². The van der Waals surface area contributed by atoms with Crippen LogP contribution in [0.4, 0.5) is 0 Å². The molecule has 8 aromatic rings. The number of aromatic hydroxyl groups is 1. The molecule has 0 aliphatic rings. The van der Waals surface area contributed by atoms with Crippen LogP contribution in [0.3, 0.4) is 0 Å². The molecule has 0 amide bonds. The van der Waals surface area contributed by atoms with Crippen LogP contribution < -0.4 is 0 Å². The molecule has 4 nitrogen and oxygen atoms in total. The van der Waals surface area contributed by atoms with E-state index in [9.17, 15) is 5.11 Å². The van der Waals surface area contributed by atoms with Crippen molar-refractivity contribution in [3.8, 4) is 49.7 Å². The van der Waals surface area contributed by atoms with Crippen LogP contribution in [0.5, 0.6) is 5.75 Å². The summed E-state index contributed by atoms with van der Waals surface area (Å²) in [5, 5.41) is 14.2. The number of benzene rings is 5. The number of thiazole rings is 1. The summed E-state index contributed by atoms with van der Waals surface area (Å²) in [5.74, 6) is 0.234. The topological polar surface area (TPSA) is 58.9 Å². The molecule has 0 saturated heterocycles. The third-order valence-corrected chi connectivity index (χ3v) is 11.0. The van der Waals surface area contributed by atoms with E-state index in [1.54, 1.807) is 17.4 Å². The standard InChI is InChI=1S/C46H41N3OS/c1-27-18-20-48-42-35(27)25-33(46(5,6)7)26-37(42)30-13-8-12-29(21-30)36-22-31(34-15-9-11-28-14-10-19-47-41(28)34)23-40-43(36)49-44(51-40)38-24-32(45(2,3)4)16-17-39(38)50/h8-26,50H,1-7H3. The lowest BCUT2D eigenvalue weighted by atomic mass is 9.83. The van der Waals surface area contributed by atoms with E-state index >= 15 is 0 Å². The number of phenols is 1. The number of aromatic nitrogens is 3. The van der Waals surface area contributed by atoms with Crippen LogP contribution in [0.2, 0.25) is 0 Å². The summed E-state index contributed by atoms with van der Waals surface area (Å²) in [6.07, 6.45) is 3.77. The fourth-order valence-electron chi connectivity index (χ4n) is 6.93. The van der Waals surface area contributed by atoms with Gasteiger partial charge in [0.05, 0.1) is 26.8 Å². The Hall–Kier alpha value is -5.39. The van der Waals surface area contributed by atoms with Crippen LogP contribution in [0.25, 0.3) is 76.0 Å². The van der Waals surface area contributed by atoms with Crippen molar-refractivity contribution in [1.82, 2.24) is 15.0 Å². The van der Waals surface area contributed by atoms with Crippen molar-refractivity contribution >= 4 is 43.4 Å². The number of rotatable bonds is 4. The SMILES string of the molecule is Cc1ccnc2c(-c3cccc(-c4cc(-c5cccc6cccnc56)cc5sc(-c6cc(C(C)(C)C)ccc6O)nc45)c3)cc(C(C)(C)C)cc12. The molecule has 0 saturated carbocycles. The number of hydrogen-bond acceptors (Lipinski definition) is 5. The molecule has 3 aromatic heterocycles. The normalized spacial score (nSPS) is 12.3. The Bertz CT molecular complexity index is 2630. The molecule has 51 heavy (non-hydrogen) atoms. The quantitative estimate of drug-likeness (QED) is 0.201. The minimum absolute atomic E-state index is 0.0251. The number of para-hydroxylation sites is 1. The first-order valence-corrected chi connectivity index (χ1v) is 18.3. The molecule has 252 valence electrons. The van der Waals surface area contributed by atoms with Crippen molar-refractivity contribution in [2.45, 2.75) is 59.3 Å². The van der Waals surface area contributed by atoms with Crippen LogP contribution in [0.15, 0.2) is 116 Å². The smallest absolute Gasteiger partial charge is 0.128 e. The molecular formula is C46H41N3OS. The van der Waals surface area contributed by atoms with E-state index in [4.69, 9.17) is 15.0 Å². The molecule has 8 rings (SSSR count). The molecule has 5 aromatic carbocycles. The van der Waals surface area contributed by atoms with Crippen LogP contribution in [-0.4, -0.2) is 20.1 Å². The molecule has 1 N–H and O–H groups in total. The molecule has 3 heterocycles. The van der Waals surface area contributed by atoms with Gasteiger partial charge in [0.15, 0.2) is 0 Å². The Morgan fingerprint density at radius 1 is 0.549 bits per heavy atom. The first-order chi connectivity index (χ1) is 24.3. The Morgan fingerprint density at radius 3 is 2.00 bits per heavy atom. The van der Waals surface area contributed by atoms with E-state index in [1.165, 1.54) is 16.5 Å². The Labute approximate surface area is 303 Å². The summed E-state index contributed by atoms with van der Waals surface area (Å²) in [6.45, 7) is 15.5. The summed E-state index contributed by atoms with van der Waals surface area (Å²) in [6, 6.07) is 36.3. The molecule has 0 unspecified atom stereocenters. The van der Waals surface area contributed by atoms with Crippen molar-refractivity contribution in [1.29, 1.82) is 0 Å². The maximum atomic E-state index is 11.1. The van der Waals surface area contributed by atoms with Gasteiger partial charge >= 0.3 is 0 Å². The summed E-state index contributed by atoms with van der Waals surface area (Å²) >= 11 is 1.61. The van der Waals surface area contributed by atoms with Crippen molar-refractivity contribution in [2.24, 2.45) is 0 Å². The third kappa shape index (κ3) is 5.96. The lowest BCUT2D eigenvalue weighted by Crippen LogP contribution is -2.11. The maximum absolute atomic E-state index is 11.1. The Morgan fingerprint density at radius 2 is 1.24 bits per heavy atom. The molecule has 5 heteroatoms. The summed E-state index contributed by atoms with van der Waals surface area (Å²) < 4.78 is 1.05. The van der Waals surface area contributed by atoms with E-state index in [0.717, 1.165) is 76.2 Å².